The first-order valence-electron chi connectivity index (χ1n) is 8.05. The van der Waals surface area contributed by atoms with E-state index >= 15 is 0 Å². The molecule has 1 saturated heterocycles. The van der Waals surface area contributed by atoms with Crippen LogP contribution in [0.5, 0.6) is 0 Å². The van der Waals surface area contributed by atoms with Gasteiger partial charge in [-0.2, -0.15) is 0 Å². The van der Waals surface area contributed by atoms with Gasteiger partial charge in [0.25, 0.3) is 0 Å². The highest BCUT2D eigenvalue weighted by Gasteiger charge is 2.34. The predicted molar refractivity (Wildman–Crippen MR) is 95.0 cm³/mol. The Morgan fingerprint density at radius 3 is 2.83 bits per heavy atom. The Kier molecular flexibility index (Phi) is 5.17. The summed E-state index contributed by atoms with van der Waals surface area (Å²) < 4.78 is 5.49. The molecule has 130 valence electrons. The molecule has 0 radical (unpaired) electrons. The summed E-state index contributed by atoms with van der Waals surface area (Å²) in [5.74, 6) is 0.726. The van der Waals surface area contributed by atoms with Crippen molar-refractivity contribution in [3.05, 3.63) is 48.7 Å². The average Bonchev–Trinajstić information content (AvgIpc) is 3.10. The normalized spacial score (nSPS) is 18.5. The van der Waals surface area contributed by atoms with Crippen LogP contribution in [0.1, 0.15) is 51.2 Å². The third-order valence-corrected chi connectivity index (χ3v) is 3.71. The van der Waals surface area contributed by atoms with Crippen LogP contribution >= 0.6 is 0 Å². The lowest BCUT2D eigenvalue weighted by Gasteiger charge is -2.27. The van der Waals surface area contributed by atoms with Crippen molar-refractivity contribution >= 4 is 11.7 Å². The van der Waals surface area contributed by atoms with Crippen LogP contribution in [-0.2, 0) is 4.74 Å². The first kappa shape index (κ1) is 17.8. The summed E-state index contributed by atoms with van der Waals surface area (Å²) in [6.07, 6.45) is 6.58. The number of carbonyl (C=O) groups excluding carboxylic acids is 1. The van der Waals surface area contributed by atoms with Gasteiger partial charge in [0.1, 0.15) is 11.4 Å². The molecule has 1 aromatic heterocycles. The molecule has 1 fully saturated rings. The number of imidazole rings is 1. The van der Waals surface area contributed by atoms with Crippen LogP contribution in [0.4, 0.5) is 4.79 Å². The van der Waals surface area contributed by atoms with Crippen molar-refractivity contribution in [1.29, 1.82) is 0 Å². The Hall–Kier alpha value is -2.50. The van der Waals surface area contributed by atoms with Crippen LogP contribution in [0, 0.1) is 0 Å². The zero-order valence-electron chi connectivity index (χ0n) is 14.6. The van der Waals surface area contributed by atoms with Crippen molar-refractivity contribution in [2.24, 2.45) is 5.73 Å². The fourth-order valence-corrected chi connectivity index (χ4v) is 2.72. The summed E-state index contributed by atoms with van der Waals surface area (Å²) in [5, 5.41) is 0. The van der Waals surface area contributed by atoms with E-state index in [1.54, 1.807) is 23.2 Å². The molecule has 0 unspecified atom stereocenters. The second-order valence-corrected chi connectivity index (χ2v) is 6.86. The number of aromatic amines is 1. The summed E-state index contributed by atoms with van der Waals surface area (Å²) in [4.78, 5) is 21.8. The fourth-order valence-electron chi connectivity index (χ4n) is 2.72. The quantitative estimate of drug-likeness (QED) is 0.827. The monoisotopic (exact) mass is 330 g/mol. The lowest BCUT2D eigenvalue weighted by atomic mass is 10.1. The molecule has 1 aliphatic rings. The molecule has 0 aliphatic carbocycles. The molecule has 1 aliphatic heterocycles. The van der Waals surface area contributed by atoms with Gasteiger partial charge in [-0.3, -0.25) is 4.90 Å². The number of carbonyl (C=O) groups is 1. The number of amides is 1. The number of aromatic nitrogens is 2. The zero-order valence-corrected chi connectivity index (χ0v) is 14.6. The number of hydrogen-bond donors (Lipinski definition) is 2. The summed E-state index contributed by atoms with van der Waals surface area (Å²) in [7, 11) is 0. The van der Waals surface area contributed by atoms with Gasteiger partial charge in [0, 0.05) is 17.8 Å². The van der Waals surface area contributed by atoms with Gasteiger partial charge >= 0.3 is 6.09 Å². The number of nitrogens with one attached hydrogen (secondary N) is 1. The van der Waals surface area contributed by atoms with Gasteiger partial charge in [0.2, 0.25) is 0 Å². The van der Waals surface area contributed by atoms with Crippen LogP contribution in [-0.4, -0.2) is 33.1 Å². The van der Waals surface area contributed by atoms with E-state index in [1.165, 1.54) is 0 Å². The van der Waals surface area contributed by atoms with E-state index in [0.29, 0.717) is 12.2 Å². The minimum Gasteiger partial charge on any atom is -0.444 e. The Morgan fingerprint density at radius 1 is 1.54 bits per heavy atom. The molecule has 24 heavy (non-hydrogen) atoms. The lowest BCUT2D eigenvalue weighted by Crippen LogP contribution is -2.36. The van der Waals surface area contributed by atoms with Crippen molar-refractivity contribution in [2.75, 3.05) is 6.54 Å². The highest BCUT2D eigenvalue weighted by atomic mass is 16.6. The van der Waals surface area contributed by atoms with Crippen LogP contribution in [0.25, 0.3) is 5.57 Å². The Labute approximate surface area is 143 Å². The highest BCUT2D eigenvalue weighted by Crippen LogP contribution is 2.32. The number of rotatable bonds is 4. The van der Waals surface area contributed by atoms with Crippen molar-refractivity contribution < 1.29 is 9.53 Å². The molecule has 1 amide bonds. The third kappa shape index (κ3) is 4.07. The molecule has 2 heterocycles. The summed E-state index contributed by atoms with van der Waals surface area (Å²) in [6, 6.07) is -0.121. The van der Waals surface area contributed by atoms with Gasteiger partial charge in [-0.05, 0) is 33.6 Å². The first-order valence-corrected chi connectivity index (χ1v) is 8.05. The second-order valence-electron chi connectivity index (χ2n) is 6.86. The lowest BCUT2D eigenvalue weighted by molar-refractivity contribution is 0.0218. The van der Waals surface area contributed by atoms with Gasteiger partial charge in [-0.1, -0.05) is 25.3 Å². The molecular weight excluding hydrogens is 304 g/mol. The molecule has 2 rings (SSSR count). The SMILES string of the molecule is C=C/C=C(\C(=C)N)c1cnc([C@@H]2CCCN2C(=O)OC(C)(C)C)[nH]1. The third-order valence-electron chi connectivity index (χ3n) is 3.71. The van der Waals surface area contributed by atoms with Gasteiger partial charge in [-0.15, -0.1) is 0 Å². The Morgan fingerprint density at radius 2 is 2.25 bits per heavy atom. The molecule has 6 heteroatoms. The molecule has 0 saturated carbocycles. The van der Waals surface area contributed by atoms with Crippen molar-refractivity contribution in [3.8, 4) is 0 Å². The molecular formula is C18H26N4O2. The minimum atomic E-state index is -0.518. The van der Waals surface area contributed by atoms with E-state index in [-0.39, 0.29) is 12.1 Å². The van der Waals surface area contributed by atoms with Crippen molar-refractivity contribution in [3.63, 3.8) is 0 Å². The van der Waals surface area contributed by atoms with E-state index in [4.69, 9.17) is 10.5 Å². The molecule has 1 atom stereocenters. The van der Waals surface area contributed by atoms with E-state index in [0.717, 1.165) is 29.9 Å². The van der Waals surface area contributed by atoms with Crippen molar-refractivity contribution in [1.82, 2.24) is 14.9 Å². The maximum absolute atomic E-state index is 12.4. The van der Waals surface area contributed by atoms with Crippen LogP contribution in [0.3, 0.4) is 0 Å². The number of nitrogens with two attached hydrogens (primary N) is 1. The van der Waals surface area contributed by atoms with Gasteiger partial charge in [-0.25, -0.2) is 9.78 Å². The Bertz CT molecular complexity index is 667. The van der Waals surface area contributed by atoms with Crippen LogP contribution in [0.15, 0.2) is 37.2 Å². The van der Waals surface area contributed by atoms with E-state index < -0.39 is 5.60 Å². The van der Waals surface area contributed by atoms with Crippen molar-refractivity contribution in [2.45, 2.75) is 45.3 Å². The number of hydrogen-bond acceptors (Lipinski definition) is 4. The van der Waals surface area contributed by atoms with Gasteiger partial charge < -0.3 is 15.5 Å². The summed E-state index contributed by atoms with van der Waals surface area (Å²) in [5.41, 5.74) is 7.23. The predicted octanol–water partition coefficient (Wildman–Crippen LogP) is 3.52. The summed E-state index contributed by atoms with van der Waals surface area (Å²) >= 11 is 0. The number of H-pyrrole nitrogens is 1. The number of nitrogens with zero attached hydrogens (tertiary/aromatic N) is 2. The van der Waals surface area contributed by atoms with E-state index in [1.807, 2.05) is 20.8 Å². The Balaban J connectivity index is 2.22. The fraction of sp³-hybridized carbons (Fsp3) is 0.444. The van der Waals surface area contributed by atoms with Crippen LogP contribution in [0.2, 0.25) is 0 Å². The maximum Gasteiger partial charge on any atom is 0.410 e. The number of likely N-dealkylation sites (tertiary alicyclic amines) is 1. The van der Waals surface area contributed by atoms with Gasteiger partial charge in [0.15, 0.2) is 0 Å². The molecule has 3 N–H and O–H groups in total. The minimum absolute atomic E-state index is 0.121. The number of ether oxygens (including phenoxy) is 1. The molecule has 6 nitrogen and oxygen atoms in total. The first-order chi connectivity index (χ1) is 11.2. The van der Waals surface area contributed by atoms with Gasteiger partial charge in [0.05, 0.1) is 17.9 Å². The highest BCUT2D eigenvalue weighted by molar-refractivity contribution is 5.76. The maximum atomic E-state index is 12.4. The zero-order chi connectivity index (χ0) is 17.9. The summed E-state index contributed by atoms with van der Waals surface area (Å²) in [6.45, 7) is 13.7. The second kappa shape index (κ2) is 6.95. The number of allylic oxidation sites excluding steroid dienone is 3. The standard InChI is InChI=1S/C18H26N4O2/c1-6-8-13(12(2)19)14-11-20-16(21-14)15-9-7-10-22(15)17(23)24-18(3,4)5/h6,8,11,15H,1-2,7,9-10,19H2,3-5H3,(H,20,21)/b13-8+/t15-/m0/s1. The molecule has 0 bridgehead atoms. The molecule has 0 aromatic carbocycles. The van der Waals surface area contributed by atoms with E-state index in [2.05, 4.69) is 23.1 Å². The van der Waals surface area contributed by atoms with Crippen LogP contribution < -0.4 is 5.73 Å². The largest absolute Gasteiger partial charge is 0.444 e. The smallest absolute Gasteiger partial charge is 0.410 e. The molecule has 0 spiro atoms. The topological polar surface area (TPSA) is 84.2 Å². The molecule has 1 aromatic rings. The van der Waals surface area contributed by atoms with E-state index in [9.17, 15) is 4.79 Å². The average molecular weight is 330 g/mol.